The molecule has 7 nitrogen and oxygen atoms in total. The van der Waals surface area contributed by atoms with E-state index >= 15 is 0 Å². The number of carbonyl (C=O) groups excluding carboxylic acids is 1. The molecule has 1 aromatic heterocycles. The molecule has 0 spiro atoms. The number of rotatable bonds is 7. The number of amides is 1. The van der Waals surface area contributed by atoms with Gasteiger partial charge in [0.05, 0.1) is 12.1 Å². The number of nitrogens with zero attached hydrogens (tertiary/aromatic N) is 4. The van der Waals surface area contributed by atoms with Gasteiger partial charge < -0.3 is 15.5 Å². The Hall–Kier alpha value is -3.49. The number of aromatic nitrogens is 3. The first-order valence-corrected chi connectivity index (χ1v) is 12.2. The second kappa shape index (κ2) is 10.8. The molecule has 4 rings (SSSR count). The largest absolute Gasteiger partial charge is 0.372 e. The highest BCUT2D eigenvalue weighted by Gasteiger charge is 2.12. The van der Waals surface area contributed by atoms with Gasteiger partial charge in [-0.05, 0) is 92.6 Å². The molecule has 35 heavy (non-hydrogen) atoms. The van der Waals surface area contributed by atoms with E-state index in [4.69, 9.17) is 23.8 Å². The van der Waals surface area contributed by atoms with Gasteiger partial charge in [0, 0.05) is 29.5 Å². The standard InChI is InChI=1S/C26H27ClN6OS/c1-4-32(5-2)20-10-12-21(13-11-20)33-30-23-14-17(3)22(16-24(23)31-33)28-26(35)29-25(34)15-18-6-8-19(27)9-7-18/h6-14,16H,4-5,15H2,1-3H3,(H2,28,29,34,35). The van der Waals surface area contributed by atoms with Crippen LogP contribution in [0.25, 0.3) is 16.7 Å². The predicted molar refractivity (Wildman–Crippen MR) is 147 cm³/mol. The normalized spacial score (nSPS) is 10.9. The zero-order valence-electron chi connectivity index (χ0n) is 19.9. The predicted octanol–water partition coefficient (Wildman–Crippen LogP) is 5.28. The van der Waals surface area contributed by atoms with E-state index in [0.717, 1.165) is 46.6 Å². The average molecular weight is 507 g/mol. The molecule has 0 saturated carbocycles. The Morgan fingerprint density at radius 1 is 1.00 bits per heavy atom. The lowest BCUT2D eigenvalue weighted by Gasteiger charge is -2.20. The molecule has 3 aromatic carbocycles. The Kier molecular flexibility index (Phi) is 7.63. The molecule has 0 fully saturated rings. The van der Waals surface area contributed by atoms with E-state index in [2.05, 4.69) is 51.7 Å². The van der Waals surface area contributed by atoms with Gasteiger partial charge in [-0.2, -0.15) is 4.80 Å². The van der Waals surface area contributed by atoms with Crippen molar-refractivity contribution in [2.75, 3.05) is 23.3 Å². The number of benzene rings is 3. The molecule has 0 radical (unpaired) electrons. The van der Waals surface area contributed by atoms with Crippen molar-refractivity contribution < 1.29 is 4.79 Å². The summed E-state index contributed by atoms with van der Waals surface area (Å²) in [7, 11) is 0. The molecule has 180 valence electrons. The van der Waals surface area contributed by atoms with Crippen LogP contribution in [0.4, 0.5) is 11.4 Å². The summed E-state index contributed by atoms with van der Waals surface area (Å²) in [5.74, 6) is -0.206. The monoisotopic (exact) mass is 506 g/mol. The molecular weight excluding hydrogens is 480 g/mol. The summed E-state index contributed by atoms with van der Waals surface area (Å²) in [4.78, 5) is 16.3. The molecule has 0 aliphatic rings. The minimum atomic E-state index is -0.206. The fourth-order valence-electron chi connectivity index (χ4n) is 3.82. The van der Waals surface area contributed by atoms with E-state index in [1.807, 2.05) is 43.3 Å². The van der Waals surface area contributed by atoms with Crippen molar-refractivity contribution in [3.63, 3.8) is 0 Å². The van der Waals surface area contributed by atoms with Crippen molar-refractivity contribution >= 4 is 57.2 Å². The smallest absolute Gasteiger partial charge is 0.230 e. The van der Waals surface area contributed by atoms with Crippen LogP contribution in [0.5, 0.6) is 0 Å². The van der Waals surface area contributed by atoms with E-state index in [-0.39, 0.29) is 17.4 Å². The Morgan fingerprint density at radius 3 is 2.26 bits per heavy atom. The first-order valence-electron chi connectivity index (χ1n) is 11.4. The molecule has 9 heteroatoms. The topological polar surface area (TPSA) is 75.1 Å². The minimum Gasteiger partial charge on any atom is -0.372 e. The van der Waals surface area contributed by atoms with Crippen LogP contribution in [0.15, 0.2) is 60.7 Å². The van der Waals surface area contributed by atoms with Crippen LogP contribution in [0, 0.1) is 6.92 Å². The van der Waals surface area contributed by atoms with E-state index < -0.39 is 0 Å². The maximum absolute atomic E-state index is 12.4. The first-order chi connectivity index (χ1) is 16.9. The van der Waals surface area contributed by atoms with Gasteiger partial charge in [-0.25, -0.2) is 0 Å². The summed E-state index contributed by atoms with van der Waals surface area (Å²) in [6, 6.07) is 19.2. The number of nitrogens with one attached hydrogen (secondary N) is 2. The molecule has 4 aromatic rings. The fraction of sp³-hybridized carbons (Fsp3) is 0.231. The average Bonchev–Trinajstić information content (AvgIpc) is 3.24. The van der Waals surface area contributed by atoms with Gasteiger partial charge in [-0.3, -0.25) is 4.79 Å². The van der Waals surface area contributed by atoms with Gasteiger partial charge >= 0.3 is 0 Å². The highest BCUT2D eigenvalue weighted by molar-refractivity contribution is 7.80. The fourth-order valence-corrected chi connectivity index (χ4v) is 4.17. The Bertz CT molecular complexity index is 1350. The summed E-state index contributed by atoms with van der Waals surface area (Å²) in [6.45, 7) is 8.15. The van der Waals surface area contributed by atoms with Crippen LogP contribution in [-0.4, -0.2) is 39.1 Å². The second-order valence-corrected chi connectivity index (χ2v) is 8.98. The van der Waals surface area contributed by atoms with Crippen molar-refractivity contribution in [2.24, 2.45) is 0 Å². The van der Waals surface area contributed by atoms with E-state index in [9.17, 15) is 4.79 Å². The van der Waals surface area contributed by atoms with Crippen LogP contribution in [0.3, 0.4) is 0 Å². The maximum atomic E-state index is 12.4. The van der Waals surface area contributed by atoms with Crippen LogP contribution in [0.1, 0.15) is 25.0 Å². The van der Waals surface area contributed by atoms with Crippen molar-refractivity contribution in [3.05, 3.63) is 76.8 Å². The molecule has 0 aliphatic carbocycles. The number of thiocarbonyl (C=S) groups is 1. The van der Waals surface area contributed by atoms with Crippen molar-refractivity contribution in [3.8, 4) is 5.69 Å². The van der Waals surface area contributed by atoms with Crippen LogP contribution in [-0.2, 0) is 11.2 Å². The molecular formula is C26H27ClN6OS. The third-order valence-corrected chi connectivity index (χ3v) is 6.17. The number of hydrogen-bond acceptors (Lipinski definition) is 5. The van der Waals surface area contributed by atoms with Crippen LogP contribution < -0.4 is 15.5 Å². The lowest BCUT2D eigenvalue weighted by molar-refractivity contribution is -0.119. The quantitative estimate of drug-likeness (QED) is 0.332. The van der Waals surface area contributed by atoms with Crippen LogP contribution >= 0.6 is 23.8 Å². The molecule has 0 bridgehead atoms. The number of anilines is 2. The number of hydrogen-bond donors (Lipinski definition) is 2. The zero-order valence-corrected chi connectivity index (χ0v) is 21.5. The van der Waals surface area contributed by atoms with E-state index in [1.54, 1.807) is 16.9 Å². The van der Waals surface area contributed by atoms with E-state index in [1.165, 1.54) is 5.69 Å². The highest BCUT2D eigenvalue weighted by atomic mass is 35.5. The van der Waals surface area contributed by atoms with Gasteiger partial charge in [0.15, 0.2) is 5.11 Å². The summed E-state index contributed by atoms with van der Waals surface area (Å²) < 4.78 is 0. The van der Waals surface area contributed by atoms with E-state index in [0.29, 0.717) is 5.02 Å². The maximum Gasteiger partial charge on any atom is 0.230 e. The van der Waals surface area contributed by atoms with Crippen molar-refractivity contribution in [2.45, 2.75) is 27.2 Å². The third-order valence-electron chi connectivity index (χ3n) is 5.71. The van der Waals surface area contributed by atoms with Gasteiger partial charge in [0.25, 0.3) is 0 Å². The lowest BCUT2D eigenvalue weighted by Crippen LogP contribution is -2.35. The van der Waals surface area contributed by atoms with Crippen LogP contribution in [0.2, 0.25) is 5.02 Å². The molecule has 1 amide bonds. The molecule has 0 saturated heterocycles. The van der Waals surface area contributed by atoms with Gasteiger partial charge in [-0.15, -0.1) is 10.2 Å². The highest BCUT2D eigenvalue weighted by Crippen LogP contribution is 2.23. The summed E-state index contributed by atoms with van der Waals surface area (Å²) in [5, 5.41) is 16.0. The lowest BCUT2D eigenvalue weighted by atomic mass is 10.1. The Morgan fingerprint density at radius 2 is 1.63 bits per heavy atom. The summed E-state index contributed by atoms with van der Waals surface area (Å²) >= 11 is 11.3. The van der Waals surface area contributed by atoms with Gasteiger partial charge in [0.2, 0.25) is 5.91 Å². The number of halogens is 1. The first kappa shape index (κ1) is 24.6. The van der Waals surface area contributed by atoms with Crippen molar-refractivity contribution in [1.82, 2.24) is 20.3 Å². The van der Waals surface area contributed by atoms with Crippen molar-refractivity contribution in [1.29, 1.82) is 0 Å². The minimum absolute atomic E-state index is 0.206. The molecule has 0 aliphatic heterocycles. The molecule has 1 heterocycles. The molecule has 0 atom stereocenters. The Balaban J connectivity index is 1.45. The van der Waals surface area contributed by atoms with Gasteiger partial charge in [-0.1, -0.05) is 23.7 Å². The Labute approximate surface area is 215 Å². The molecule has 0 unspecified atom stereocenters. The molecule has 2 N–H and O–H groups in total. The number of carbonyl (C=O) groups is 1. The number of fused-ring (bicyclic) bond motifs is 1. The summed E-state index contributed by atoms with van der Waals surface area (Å²) in [6.07, 6.45) is 0.207. The zero-order chi connectivity index (χ0) is 24.9. The second-order valence-electron chi connectivity index (χ2n) is 8.14. The summed E-state index contributed by atoms with van der Waals surface area (Å²) in [5.41, 5.74) is 6.11. The SMILES string of the molecule is CCN(CC)c1ccc(-n2nc3cc(C)c(NC(=S)NC(=O)Cc4ccc(Cl)cc4)cc3n2)cc1. The third kappa shape index (κ3) is 5.96. The van der Waals surface area contributed by atoms with Gasteiger partial charge in [0.1, 0.15) is 11.0 Å². The number of aryl methyl sites for hydroxylation is 1.